The van der Waals surface area contributed by atoms with Gasteiger partial charge in [-0.05, 0) is 23.3 Å². The molecule has 0 fully saturated rings. The Hall–Kier alpha value is -3.12. The van der Waals surface area contributed by atoms with Crippen LogP contribution < -0.4 is 14.2 Å². The van der Waals surface area contributed by atoms with Crippen molar-refractivity contribution in [3.05, 3.63) is 53.6 Å². The van der Waals surface area contributed by atoms with Crippen LogP contribution in [0.5, 0.6) is 17.2 Å². The van der Waals surface area contributed by atoms with Gasteiger partial charge in [0.25, 0.3) is 0 Å². The molecule has 2 aromatic rings. The molecule has 6 nitrogen and oxygen atoms in total. The van der Waals surface area contributed by atoms with Gasteiger partial charge in [-0.3, -0.25) is 14.4 Å². The summed E-state index contributed by atoms with van der Waals surface area (Å²) < 4.78 is 15.3. The molecule has 0 aliphatic heterocycles. The van der Waals surface area contributed by atoms with E-state index in [9.17, 15) is 14.4 Å². The van der Waals surface area contributed by atoms with Crippen LogP contribution in [-0.2, 0) is 14.4 Å². The van der Waals surface area contributed by atoms with Gasteiger partial charge in [0.1, 0.15) is 5.88 Å². The lowest BCUT2D eigenvalue weighted by molar-refractivity contribution is -0.135. The van der Waals surface area contributed by atoms with Gasteiger partial charge in [-0.2, -0.15) is 0 Å². The second-order valence-corrected chi connectivity index (χ2v) is 5.65. The van der Waals surface area contributed by atoms with E-state index in [0.717, 1.165) is 5.56 Å². The summed E-state index contributed by atoms with van der Waals surface area (Å²) in [5.41, 5.74) is 1.51. The fraction of sp³-hybridized carbons (Fsp3) is 0.150. The van der Waals surface area contributed by atoms with Gasteiger partial charge < -0.3 is 14.2 Å². The van der Waals surface area contributed by atoms with Gasteiger partial charge in [0.2, 0.25) is 5.75 Å². The first-order valence-electron chi connectivity index (χ1n) is 7.93. The summed E-state index contributed by atoms with van der Waals surface area (Å²) in [4.78, 5) is 34.5. The summed E-state index contributed by atoms with van der Waals surface area (Å²) in [5.74, 6) is -2.78. The van der Waals surface area contributed by atoms with Gasteiger partial charge in [0, 0.05) is 13.8 Å². The fourth-order valence-electron chi connectivity index (χ4n) is 2.15. The number of benzene rings is 2. The minimum atomic E-state index is -0.786. The largest absolute Gasteiger partial charge is 0.423 e. The first-order chi connectivity index (χ1) is 12.9. The Morgan fingerprint density at radius 2 is 1.37 bits per heavy atom. The fourth-order valence-corrected chi connectivity index (χ4v) is 2.21. The molecule has 0 bridgehead atoms. The maximum absolute atomic E-state index is 11.6. The van der Waals surface area contributed by atoms with Gasteiger partial charge in [-0.25, -0.2) is 0 Å². The van der Waals surface area contributed by atoms with Gasteiger partial charge in [-0.1, -0.05) is 42.5 Å². The third kappa shape index (κ3) is 6.27. The normalized spacial score (nSPS) is 10.5. The average molecular weight is 389 g/mol. The highest BCUT2D eigenvalue weighted by atomic mass is 35.5. The number of rotatable bonds is 6. The highest BCUT2D eigenvalue weighted by Gasteiger charge is 2.20. The molecular formula is C20H17ClO6. The van der Waals surface area contributed by atoms with Gasteiger partial charge in [-0.15, -0.1) is 11.6 Å². The highest BCUT2D eigenvalue weighted by Crippen LogP contribution is 2.40. The van der Waals surface area contributed by atoms with E-state index >= 15 is 0 Å². The van der Waals surface area contributed by atoms with Crippen LogP contribution in [0.15, 0.2) is 42.5 Å². The van der Waals surface area contributed by atoms with Gasteiger partial charge in [0.15, 0.2) is 11.5 Å². The third-order valence-electron chi connectivity index (χ3n) is 3.14. The molecule has 140 valence electrons. The van der Waals surface area contributed by atoms with Gasteiger partial charge in [0.05, 0.1) is 0 Å². The van der Waals surface area contributed by atoms with Crippen LogP contribution in [0.4, 0.5) is 0 Å². The molecule has 0 amide bonds. The van der Waals surface area contributed by atoms with E-state index in [1.807, 2.05) is 36.4 Å². The van der Waals surface area contributed by atoms with Crippen molar-refractivity contribution in [2.75, 3.05) is 5.88 Å². The van der Waals surface area contributed by atoms with Crippen molar-refractivity contribution in [2.45, 2.75) is 13.8 Å². The maximum atomic E-state index is 11.6. The molecule has 0 aliphatic carbocycles. The molecule has 0 atom stereocenters. The smallest absolute Gasteiger partial charge is 0.326 e. The standard InChI is InChI=1S/C20H17ClO6/c1-13(22)25-17-10-16(9-8-15-6-4-3-5-7-15)11-18(26-14(2)23)20(17)27-19(24)12-21/h3-11H,12H2,1-2H3. The lowest BCUT2D eigenvalue weighted by Crippen LogP contribution is -2.13. The second kappa shape index (κ2) is 9.54. The Kier molecular flexibility index (Phi) is 7.14. The molecular weight excluding hydrogens is 372 g/mol. The summed E-state index contributed by atoms with van der Waals surface area (Å²) >= 11 is 5.47. The minimum Gasteiger partial charge on any atom is -0.423 e. The Bertz CT molecular complexity index is 836. The zero-order valence-electron chi connectivity index (χ0n) is 14.7. The molecule has 0 aromatic heterocycles. The molecule has 0 radical (unpaired) electrons. The topological polar surface area (TPSA) is 78.9 Å². The first-order valence-corrected chi connectivity index (χ1v) is 8.47. The number of ether oxygens (including phenoxy) is 3. The van der Waals surface area contributed by atoms with Crippen LogP contribution >= 0.6 is 11.6 Å². The summed E-state index contributed by atoms with van der Waals surface area (Å²) in [6.45, 7) is 2.40. The number of alkyl halides is 1. The predicted octanol–water partition coefficient (Wildman–Crippen LogP) is 3.85. The lowest BCUT2D eigenvalue weighted by Gasteiger charge is -2.14. The Morgan fingerprint density at radius 3 is 1.85 bits per heavy atom. The van der Waals surface area contributed by atoms with Crippen LogP contribution in [0, 0.1) is 0 Å². The Balaban J connectivity index is 2.51. The van der Waals surface area contributed by atoms with Crippen LogP contribution in [-0.4, -0.2) is 23.8 Å². The molecule has 2 aromatic carbocycles. The van der Waals surface area contributed by atoms with E-state index in [4.69, 9.17) is 25.8 Å². The molecule has 0 unspecified atom stereocenters. The van der Waals surface area contributed by atoms with Crippen LogP contribution in [0.1, 0.15) is 25.0 Å². The monoisotopic (exact) mass is 388 g/mol. The van der Waals surface area contributed by atoms with Gasteiger partial charge >= 0.3 is 17.9 Å². The first kappa shape index (κ1) is 20.2. The van der Waals surface area contributed by atoms with Crippen molar-refractivity contribution >= 4 is 41.7 Å². The van der Waals surface area contributed by atoms with Crippen LogP contribution in [0.25, 0.3) is 12.2 Å². The Labute approximate surface area is 161 Å². The quantitative estimate of drug-likeness (QED) is 0.323. The van der Waals surface area contributed by atoms with E-state index in [1.165, 1.54) is 26.0 Å². The van der Waals surface area contributed by atoms with Crippen molar-refractivity contribution < 1.29 is 28.6 Å². The van der Waals surface area contributed by atoms with E-state index in [1.54, 1.807) is 6.08 Å². The molecule has 0 saturated heterocycles. The van der Waals surface area contributed by atoms with E-state index in [2.05, 4.69) is 0 Å². The molecule has 2 rings (SSSR count). The molecule has 0 heterocycles. The van der Waals surface area contributed by atoms with Crippen LogP contribution in [0.3, 0.4) is 0 Å². The number of hydrogen-bond acceptors (Lipinski definition) is 6. The second-order valence-electron chi connectivity index (χ2n) is 5.39. The zero-order valence-corrected chi connectivity index (χ0v) is 15.5. The SMILES string of the molecule is CC(=O)Oc1cc(C=Cc2ccccc2)cc(OC(C)=O)c1OC(=O)CCl. The summed E-state index contributed by atoms with van der Waals surface area (Å²) in [5, 5.41) is 0. The molecule has 0 aliphatic rings. The number of halogens is 1. The number of carbonyl (C=O) groups is 3. The predicted molar refractivity (Wildman–Crippen MR) is 101 cm³/mol. The number of carbonyl (C=O) groups excluding carboxylic acids is 3. The summed E-state index contributed by atoms with van der Waals surface area (Å²) in [7, 11) is 0. The lowest BCUT2D eigenvalue weighted by atomic mass is 10.1. The summed E-state index contributed by atoms with van der Waals surface area (Å²) in [6.07, 6.45) is 3.57. The van der Waals surface area contributed by atoms with E-state index in [-0.39, 0.29) is 17.2 Å². The summed E-state index contributed by atoms with van der Waals surface area (Å²) in [6, 6.07) is 12.5. The molecule has 7 heteroatoms. The number of hydrogen-bond donors (Lipinski definition) is 0. The van der Waals surface area contributed by atoms with E-state index < -0.39 is 23.8 Å². The highest BCUT2D eigenvalue weighted by molar-refractivity contribution is 6.26. The van der Waals surface area contributed by atoms with Crippen molar-refractivity contribution in [3.63, 3.8) is 0 Å². The molecule has 0 spiro atoms. The maximum Gasteiger partial charge on any atom is 0.326 e. The zero-order chi connectivity index (χ0) is 19.8. The molecule has 0 N–H and O–H groups in total. The van der Waals surface area contributed by atoms with E-state index in [0.29, 0.717) is 5.56 Å². The van der Waals surface area contributed by atoms with Crippen molar-refractivity contribution in [1.82, 2.24) is 0 Å². The van der Waals surface area contributed by atoms with Crippen molar-refractivity contribution in [2.24, 2.45) is 0 Å². The average Bonchev–Trinajstić information content (AvgIpc) is 2.62. The third-order valence-corrected chi connectivity index (χ3v) is 3.36. The van der Waals surface area contributed by atoms with Crippen molar-refractivity contribution in [1.29, 1.82) is 0 Å². The Morgan fingerprint density at radius 1 is 0.852 bits per heavy atom. The van der Waals surface area contributed by atoms with Crippen molar-refractivity contribution in [3.8, 4) is 17.2 Å². The molecule has 27 heavy (non-hydrogen) atoms. The van der Waals surface area contributed by atoms with Crippen LogP contribution in [0.2, 0.25) is 0 Å². The molecule has 0 saturated carbocycles. The number of esters is 3. The minimum absolute atomic E-state index is 0.0626.